The number of rotatable bonds is 5. The van der Waals surface area contributed by atoms with E-state index in [1.807, 2.05) is 20.8 Å². The Hall–Kier alpha value is -1.08. The van der Waals surface area contributed by atoms with Crippen LogP contribution >= 0.6 is 15.9 Å². The van der Waals surface area contributed by atoms with Crippen molar-refractivity contribution in [1.82, 2.24) is 0 Å². The lowest BCUT2D eigenvalue weighted by Gasteiger charge is -2.18. The molecule has 0 saturated carbocycles. The molecule has 0 heterocycles. The summed E-state index contributed by atoms with van der Waals surface area (Å²) < 4.78 is 26.8. The summed E-state index contributed by atoms with van der Waals surface area (Å²) in [6, 6.07) is 4.15. The number of carboxylic acids is 1. The van der Waals surface area contributed by atoms with E-state index in [1.165, 1.54) is 18.2 Å². The topological polar surface area (TPSA) is 83.5 Å². The average Bonchev–Trinajstić information content (AvgIpc) is 2.28. The molecule has 5 nitrogen and oxygen atoms in total. The van der Waals surface area contributed by atoms with Crippen molar-refractivity contribution < 1.29 is 18.3 Å². The Bertz CT molecular complexity index is 605. The molecule has 0 aliphatic rings. The summed E-state index contributed by atoms with van der Waals surface area (Å²) in [4.78, 5) is 10.8. The standard InChI is InChI=1S/C13H18BrNO4S/c1-13(2,3)6-7-20(18,19)15-11-5-4-9(12(16)17)8-10(11)14/h4-5,8,15H,6-7H2,1-3H3,(H,16,17). The number of carbonyl (C=O) groups is 1. The van der Waals surface area contributed by atoms with E-state index in [2.05, 4.69) is 20.7 Å². The number of anilines is 1. The summed E-state index contributed by atoms with van der Waals surface area (Å²) in [7, 11) is -3.45. The summed E-state index contributed by atoms with van der Waals surface area (Å²) in [5.74, 6) is -1.04. The number of hydrogen-bond acceptors (Lipinski definition) is 3. The molecule has 0 unspecified atom stereocenters. The molecular formula is C13H18BrNO4S. The first-order chi connectivity index (χ1) is 9.00. The van der Waals surface area contributed by atoms with Gasteiger partial charge < -0.3 is 5.11 Å². The lowest BCUT2D eigenvalue weighted by molar-refractivity contribution is 0.0697. The third-order valence-electron chi connectivity index (χ3n) is 2.60. The van der Waals surface area contributed by atoms with Gasteiger partial charge in [-0.3, -0.25) is 4.72 Å². The SMILES string of the molecule is CC(C)(C)CCS(=O)(=O)Nc1ccc(C(=O)O)cc1Br. The van der Waals surface area contributed by atoms with Gasteiger partial charge in [-0.25, -0.2) is 13.2 Å². The monoisotopic (exact) mass is 363 g/mol. The summed E-state index contributed by atoms with van der Waals surface area (Å²) >= 11 is 3.17. The smallest absolute Gasteiger partial charge is 0.335 e. The molecule has 1 aromatic carbocycles. The Labute approximate surface area is 127 Å². The molecular weight excluding hydrogens is 346 g/mol. The quantitative estimate of drug-likeness (QED) is 0.840. The van der Waals surface area contributed by atoms with E-state index >= 15 is 0 Å². The van der Waals surface area contributed by atoms with Crippen molar-refractivity contribution in [2.75, 3.05) is 10.5 Å². The third-order valence-corrected chi connectivity index (χ3v) is 4.53. The van der Waals surface area contributed by atoms with Crippen LogP contribution in [0.15, 0.2) is 22.7 Å². The van der Waals surface area contributed by atoms with Gasteiger partial charge in [0.25, 0.3) is 0 Å². The lowest BCUT2D eigenvalue weighted by Crippen LogP contribution is -2.21. The minimum Gasteiger partial charge on any atom is -0.478 e. The molecule has 112 valence electrons. The van der Waals surface area contributed by atoms with Crippen LogP contribution < -0.4 is 4.72 Å². The molecule has 0 saturated heterocycles. The van der Waals surface area contributed by atoms with Crippen molar-refractivity contribution in [3.63, 3.8) is 0 Å². The molecule has 0 atom stereocenters. The van der Waals surface area contributed by atoms with Gasteiger partial charge in [0.2, 0.25) is 10.0 Å². The van der Waals surface area contributed by atoms with Crippen molar-refractivity contribution in [2.24, 2.45) is 5.41 Å². The second-order valence-corrected chi connectivity index (χ2v) is 8.43. The number of carboxylic acid groups (broad SMARTS) is 1. The van der Waals surface area contributed by atoms with Crippen molar-refractivity contribution in [2.45, 2.75) is 27.2 Å². The zero-order chi connectivity index (χ0) is 15.6. The van der Waals surface area contributed by atoms with E-state index in [0.29, 0.717) is 16.6 Å². The fourth-order valence-electron chi connectivity index (χ4n) is 1.39. The number of benzene rings is 1. The second-order valence-electron chi connectivity index (χ2n) is 5.73. The largest absolute Gasteiger partial charge is 0.478 e. The predicted molar refractivity (Wildman–Crippen MR) is 82.6 cm³/mol. The van der Waals surface area contributed by atoms with Gasteiger partial charge in [-0.2, -0.15) is 0 Å². The summed E-state index contributed by atoms with van der Waals surface area (Å²) in [6.07, 6.45) is 0.535. The highest BCUT2D eigenvalue weighted by molar-refractivity contribution is 9.10. The lowest BCUT2D eigenvalue weighted by atomic mass is 9.94. The van der Waals surface area contributed by atoms with Crippen LogP contribution in [0.3, 0.4) is 0 Å². The molecule has 0 amide bonds. The van der Waals surface area contributed by atoms with E-state index in [0.717, 1.165) is 0 Å². The molecule has 20 heavy (non-hydrogen) atoms. The number of aromatic carboxylic acids is 1. The number of halogens is 1. The fraction of sp³-hybridized carbons (Fsp3) is 0.462. The molecule has 0 bridgehead atoms. The van der Waals surface area contributed by atoms with Gasteiger partial charge in [0.15, 0.2) is 0 Å². The maximum Gasteiger partial charge on any atom is 0.335 e. The number of nitrogens with one attached hydrogen (secondary N) is 1. The molecule has 0 aliphatic carbocycles. The average molecular weight is 364 g/mol. The van der Waals surface area contributed by atoms with Crippen LogP contribution in [0, 0.1) is 5.41 Å². The Balaban J connectivity index is 2.85. The molecule has 1 aromatic rings. The van der Waals surface area contributed by atoms with Gasteiger partial charge in [0.05, 0.1) is 17.0 Å². The molecule has 2 N–H and O–H groups in total. The first-order valence-corrected chi connectivity index (χ1v) is 8.48. The van der Waals surface area contributed by atoms with Crippen molar-refractivity contribution in [1.29, 1.82) is 0 Å². The maximum atomic E-state index is 12.0. The van der Waals surface area contributed by atoms with Gasteiger partial charge in [-0.15, -0.1) is 0 Å². The van der Waals surface area contributed by atoms with Gasteiger partial charge >= 0.3 is 5.97 Å². The summed E-state index contributed by atoms with van der Waals surface area (Å²) in [5.41, 5.74) is 0.359. The van der Waals surface area contributed by atoms with Crippen LogP contribution in [0.4, 0.5) is 5.69 Å². The molecule has 0 aromatic heterocycles. The molecule has 1 rings (SSSR count). The fourth-order valence-corrected chi connectivity index (χ4v) is 3.50. The Morgan fingerprint density at radius 2 is 1.95 bits per heavy atom. The molecule has 0 spiro atoms. The molecule has 0 radical (unpaired) electrons. The second kappa shape index (κ2) is 6.13. The van der Waals surface area contributed by atoms with Crippen molar-refractivity contribution in [3.05, 3.63) is 28.2 Å². The van der Waals surface area contributed by atoms with E-state index in [4.69, 9.17) is 5.11 Å². The van der Waals surface area contributed by atoms with Crippen molar-refractivity contribution >= 4 is 37.6 Å². The Kier molecular flexibility index (Phi) is 5.21. The normalized spacial score (nSPS) is 12.2. The first kappa shape index (κ1) is 17.0. The summed E-state index contributed by atoms with van der Waals surface area (Å²) in [6.45, 7) is 5.92. The minimum absolute atomic E-state index is 0.0175. The van der Waals surface area contributed by atoms with Gasteiger partial charge in [-0.1, -0.05) is 20.8 Å². The zero-order valence-electron chi connectivity index (χ0n) is 11.6. The van der Waals surface area contributed by atoms with Crippen LogP contribution in [0.25, 0.3) is 0 Å². The number of hydrogen-bond donors (Lipinski definition) is 2. The highest BCUT2D eigenvalue weighted by Crippen LogP contribution is 2.26. The highest BCUT2D eigenvalue weighted by atomic mass is 79.9. The van der Waals surface area contributed by atoms with Crippen LogP contribution in [0.2, 0.25) is 0 Å². The third kappa shape index (κ3) is 5.50. The van der Waals surface area contributed by atoms with E-state index in [-0.39, 0.29) is 16.7 Å². The molecule has 0 aliphatic heterocycles. The van der Waals surface area contributed by atoms with E-state index in [1.54, 1.807) is 0 Å². The van der Waals surface area contributed by atoms with Gasteiger partial charge in [0.1, 0.15) is 0 Å². The van der Waals surface area contributed by atoms with Crippen LogP contribution in [-0.2, 0) is 10.0 Å². The predicted octanol–water partition coefficient (Wildman–Crippen LogP) is 3.33. The van der Waals surface area contributed by atoms with Crippen molar-refractivity contribution in [3.8, 4) is 0 Å². The van der Waals surface area contributed by atoms with Gasteiger partial charge in [-0.05, 0) is 46.0 Å². The maximum absolute atomic E-state index is 12.0. The van der Waals surface area contributed by atoms with Gasteiger partial charge in [0, 0.05) is 4.47 Å². The minimum atomic E-state index is -3.45. The highest BCUT2D eigenvalue weighted by Gasteiger charge is 2.18. The zero-order valence-corrected chi connectivity index (χ0v) is 14.0. The first-order valence-electron chi connectivity index (χ1n) is 6.03. The summed E-state index contributed by atoms with van der Waals surface area (Å²) in [5, 5.41) is 8.85. The van der Waals surface area contributed by atoms with Crippen LogP contribution in [0.5, 0.6) is 0 Å². The van der Waals surface area contributed by atoms with Crippen LogP contribution in [0.1, 0.15) is 37.6 Å². The Morgan fingerprint density at radius 1 is 1.35 bits per heavy atom. The van der Waals surface area contributed by atoms with E-state index in [9.17, 15) is 13.2 Å². The Morgan fingerprint density at radius 3 is 2.40 bits per heavy atom. The molecule has 7 heteroatoms. The number of sulfonamides is 1. The molecule has 0 fully saturated rings. The van der Waals surface area contributed by atoms with Crippen LogP contribution in [-0.4, -0.2) is 25.2 Å². The van der Waals surface area contributed by atoms with E-state index < -0.39 is 16.0 Å².